The molecule has 0 saturated carbocycles. The van der Waals surface area contributed by atoms with E-state index in [-0.39, 0.29) is 17.8 Å². The van der Waals surface area contributed by atoms with Crippen LogP contribution in [0.15, 0.2) is 52.3 Å². The molecule has 0 saturated heterocycles. The molecule has 1 amide bonds. The van der Waals surface area contributed by atoms with Crippen molar-refractivity contribution >= 4 is 23.4 Å². The molecular weight excluding hydrogens is 287 g/mol. The molecule has 2 aromatic carbocycles. The van der Waals surface area contributed by atoms with Crippen molar-refractivity contribution in [3.05, 3.63) is 53.8 Å². The van der Waals surface area contributed by atoms with Crippen molar-refractivity contribution < 1.29 is 9.18 Å². The Labute approximate surface area is 127 Å². The van der Waals surface area contributed by atoms with Gasteiger partial charge in [0.1, 0.15) is 5.82 Å². The van der Waals surface area contributed by atoms with E-state index in [0.717, 1.165) is 15.5 Å². The number of rotatable bonds is 4. The van der Waals surface area contributed by atoms with Crippen molar-refractivity contribution in [1.29, 1.82) is 0 Å². The first-order valence-corrected chi connectivity index (χ1v) is 7.38. The fraction of sp³-hybridized carbons (Fsp3) is 0.188. The van der Waals surface area contributed by atoms with Crippen LogP contribution in [-0.2, 0) is 4.79 Å². The summed E-state index contributed by atoms with van der Waals surface area (Å²) in [6, 6.07) is 12.0. The quantitative estimate of drug-likeness (QED) is 0.899. The van der Waals surface area contributed by atoms with Crippen molar-refractivity contribution in [2.75, 3.05) is 5.32 Å². The summed E-state index contributed by atoms with van der Waals surface area (Å²) >= 11 is 1.45. The van der Waals surface area contributed by atoms with Crippen LogP contribution in [0.1, 0.15) is 25.5 Å². The second-order valence-electron chi connectivity index (χ2n) is 4.75. The molecule has 0 radical (unpaired) electrons. The number of hydrogen-bond acceptors (Lipinski definition) is 3. The minimum absolute atomic E-state index is 0.111. The maximum atomic E-state index is 13.9. The predicted octanol–water partition coefficient (Wildman–Crippen LogP) is 3.96. The van der Waals surface area contributed by atoms with Gasteiger partial charge in [-0.3, -0.25) is 4.79 Å². The molecule has 0 fully saturated rings. The lowest BCUT2D eigenvalue weighted by atomic mass is 10.1. The van der Waals surface area contributed by atoms with Gasteiger partial charge in [0.25, 0.3) is 0 Å². The first kappa shape index (κ1) is 15.5. The number of nitrogens with one attached hydrogen (secondary N) is 1. The first-order valence-electron chi connectivity index (χ1n) is 6.57. The Balaban J connectivity index is 2.22. The monoisotopic (exact) mass is 304 g/mol. The fourth-order valence-electron chi connectivity index (χ4n) is 1.98. The van der Waals surface area contributed by atoms with E-state index in [1.165, 1.54) is 24.8 Å². The first-order chi connectivity index (χ1) is 9.97. The molecule has 2 aromatic rings. The van der Waals surface area contributed by atoms with Gasteiger partial charge >= 0.3 is 0 Å². The largest absolute Gasteiger partial charge is 0.326 e. The topological polar surface area (TPSA) is 55.1 Å². The van der Waals surface area contributed by atoms with Crippen LogP contribution in [0, 0.1) is 5.82 Å². The maximum Gasteiger partial charge on any atom is 0.221 e. The van der Waals surface area contributed by atoms with Gasteiger partial charge < -0.3 is 11.1 Å². The van der Waals surface area contributed by atoms with Crippen molar-refractivity contribution in [3.63, 3.8) is 0 Å². The van der Waals surface area contributed by atoms with Crippen LogP contribution in [0.4, 0.5) is 10.1 Å². The molecule has 5 heteroatoms. The molecule has 0 aliphatic carbocycles. The normalized spacial score (nSPS) is 12.0. The van der Waals surface area contributed by atoms with Gasteiger partial charge in [0.15, 0.2) is 0 Å². The summed E-state index contributed by atoms with van der Waals surface area (Å²) in [5.74, 6) is -0.398. The molecule has 0 spiro atoms. The third-order valence-electron chi connectivity index (χ3n) is 2.87. The van der Waals surface area contributed by atoms with Crippen LogP contribution in [0.2, 0.25) is 0 Å². The van der Waals surface area contributed by atoms with Crippen molar-refractivity contribution in [1.82, 2.24) is 0 Å². The van der Waals surface area contributed by atoms with Gasteiger partial charge in [0.2, 0.25) is 5.91 Å². The molecule has 0 aliphatic rings. The average Bonchev–Trinajstić information content (AvgIpc) is 2.40. The SMILES string of the molecule is CC(=O)Nc1ccc(Sc2cccc(F)c2[C@@H](C)N)cc1. The van der Waals surface area contributed by atoms with E-state index in [2.05, 4.69) is 5.32 Å². The molecule has 0 unspecified atom stereocenters. The van der Waals surface area contributed by atoms with Crippen LogP contribution in [-0.4, -0.2) is 5.91 Å². The Kier molecular flexibility index (Phi) is 4.98. The van der Waals surface area contributed by atoms with Gasteiger partial charge in [-0.15, -0.1) is 0 Å². The number of anilines is 1. The minimum atomic E-state index is -0.368. The molecule has 3 N–H and O–H groups in total. The lowest BCUT2D eigenvalue weighted by molar-refractivity contribution is -0.114. The van der Waals surface area contributed by atoms with Crippen molar-refractivity contribution in [2.45, 2.75) is 29.7 Å². The molecule has 0 aliphatic heterocycles. The second-order valence-corrected chi connectivity index (χ2v) is 5.86. The molecule has 0 heterocycles. The minimum Gasteiger partial charge on any atom is -0.326 e. The average molecular weight is 304 g/mol. The third-order valence-corrected chi connectivity index (χ3v) is 3.95. The standard InChI is InChI=1S/C16H17FN2OS/c1-10(18)16-14(17)4-3-5-15(16)21-13-8-6-12(7-9-13)19-11(2)20/h3-10H,18H2,1-2H3,(H,19,20)/t10-/m1/s1. The van der Waals surface area contributed by atoms with E-state index >= 15 is 0 Å². The Morgan fingerprint density at radius 1 is 1.24 bits per heavy atom. The lowest BCUT2D eigenvalue weighted by Gasteiger charge is -2.13. The Morgan fingerprint density at radius 2 is 1.90 bits per heavy atom. The molecule has 21 heavy (non-hydrogen) atoms. The number of nitrogens with two attached hydrogens (primary N) is 1. The number of carbonyl (C=O) groups excluding carboxylic acids is 1. The molecule has 2 rings (SSSR count). The summed E-state index contributed by atoms with van der Waals surface area (Å²) in [4.78, 5) is 12.7. The van der Waals surface area contributed by atoms with E-state index in [4.69, 9.17) is 5.73 Å². The van der Waals surface area contributed by atoms with Crippen LogP contribution in [0.3, 0.4) is 0 Å². The van der Waals surface area contributed by atoms with Gasteiger partial charge in [0, 0.05) is 34.0 Å². The van der Waals surface area contributed by atoms with Gasteiger partial charge in [-0.1, -0.05) is 17.8 Å². The highest BCUT2D eigenvalue weighted by Crippen LogP contribution is 2.34. The van der Waals surface area contributed by atoms with E-state index in [9.17, 15) is 9.18 Å². The summed E-state index contributed by atoms with van der Waals surface area (Å²) in [5.41, 5.74) is 7.10. The van der Waals surface area contributed by atoms with Gasteiger partial charge in [-0.25, -0.2) is 4.39 Å². The maximum absolute atomic E-state index is 13.9. The summed E-state index contributed by atoms with van der Waals surface area (Å²) in [6.07, 6.45) is 0. The van der Waals surface area contributed by atoms with Gasteiger partial charge in [0.05, 0.1) is 0 Å². The molecule has 0 bridgehead atoms. The lowest BCUT2D eigenvalue weighted by Crippen LogP contribution is -2.09. The number of carbonyl (C=O) groups is 1. The highest BCUT2D eigenvalue weighted by molar-refractivity contribution is 7.99. The molecular formula is C16H17FN2OS. The highest BCUT2D eigenvalue weighted by Gasteiger charge is 2.13. The second kappa shape index (κ2) is 6.74. The molecule has 1 atom stereocenters. The third kappa shape index (κ3) is 4.06. The van der Waals surface area contributed by atoms with E-state index < -0.39 is 0 Å². The molecule has 0 aromatic heterocycles. The van der Waals surface area contributed by atoms with E-state index in [0.29, 0.717) is 5.56 Å². The summed E-state index contributed by atoms with van der Waals surface area (Å²) < 4.78 is 13.9. The Morgan fingerprint density at radius 3 is 2.48 bits per heavy atom. The number of benzene rings is 2. The highest BCUT2D eigenvalue weighted by atomic mass is 32.2. The van der Waals surface area contributed by atoms with Gasteiger partial charge in [-0.2, -0.15) is 0 Å². The van der Waals surface area contributed by atoms with Crippen LogP contribution >= 0.6 is 11.8 Å². The summed E-state index contributed by atoms with van der Waals surface area (Å²) in [5, 5.41) is 2.71. The number of amides is 1. The zero-order valence-corrected chi connectivity index (χ0v) is 12.7. The zero-order valence-electron chi connectivity index (χ0n) is 11.9. The summed E-state index contributed by atoms with van der Waals surface area (Å²) in [6.45, 7) is 3.23. The predicted molar refractivity (Wildman–Crippen MR) is 83.9 cm³/mol. The Bertz CT molecular complexity index is 641. The van der Waals surface area contributed by atoms with Crippen LogP contribution < -0.4 is 11.1 Å². The van der Waals surface area contributed by atoms with Crippen molar-refractivity contribution in [2.24, 2.45) is 5.73 Å². The summed E-state index contributed by atoms with van der Waals surface area (Å²) in [7, 11) is 0. The van der Waals surface area contributed by atoms with E-state index in [1.54, 1.807) is 13.0 Å². The van der Waals surface area contributed by atoms with Crippen molar-refractivity contribution in [3.8, 4) is 0 Å². The number of hydrogen-bond donors (Lipinski definition) is 2. The fourth-order valence-corrected chi connectivity index (χ4v) is 3.05. The van der Waals surface area contributed by atoms with Crippen LogP contribution in [0.25, 0.3) is 0 Å². The van der Waals surface area contributed by atoms with Crippen LogP contribution in [0.5, 0.6) is 0 Å². The molecule has 3 nitrogen and oxygen atoms in total. The smallest absolute Gasteiger partial charge is 0.221 e. The number of halogens is 1. The van der Waals surface area contributed by atoms with Gasteiger partial charge in [-0.05, 0) is 43.3 Å². The zero-order chi connectivity index (χ0) is 15.4. The Hall–Kier alpha value is -1.85. The van der Waals surface area contributed by atoms with E-state index in [1.807, 2.05) is 30.3 Å². The molecule has 110 valence electrons.